The average Bonchev–Trinajstić information content (AvgIpc) is 2.68. The summed E-state index contributed by atoms with van der Waals surface area (Å²) in [6, 6.07) is 17.1. The molecule has 26 heavy (non-hydrogen) atoms. The van der Waals surface area contributed by atoms with E-state index in [1.54, 1.807) is 0 Å². The van der Waals surface area contributed by atoms with Gasteiger partial charge in [-0.15, -0.1) is 0 Å². The van der Waals surface area contributed by atoms with E-state index in [1.165, 1.54) is 16.8 Å². The monoisotopic (exact) mass is 369 g/mol. The first-order valence-corrected chi connectivity index (χ1v) is 9.59. The first-order chi connectivity index (χ1) is 12.6. The van der Waals surface area contributed by atoms with Crippen molar-refractivity contribution < 1.29 is 4.74 Å². The number of hydrogen-bond donors (Lipinski definition) is 2. The van der Waals surface area contributed by atoms with Crippen molar-refractivity contribution in [3.8, 4) is 0 Å². The Labute approximate surface area is 161 Å². The standard InChI is InChI=1S/C21H27N3OS/c1-16(2)18-5-7-19(8-6-18)23-21(26)22-15-17-3-9-20(10-4-17)24-11-13-25-14-12-24/h3-10,16H,11-15H2,1-2H3,(H2,22,23,26). The number of thiocarbonyl (C=S) groups is 1. The van der Waals surface area contributed by atoms with Gasteiger partial charge in [0.2, 0.25) is 0 Å². The molecule has 0 spiro atoms. The maximum Gasteiger partial charge on any atom is 0.171 e. The van der Waals surface area contributed by atoms with Crippen LogP contribution in [0.1, 0.15) is 30.9 Å². The lowest BCUT2D eigenvalue weighted by Crippen LogP contribution is -2.36. The molecule has 1 fully saturated rings. The van der Waals surface area contributed by atoms with Gasteiger partial charge in [0, 0.05) is 31.0 Å². The van der Waals surface area contributed by atoms with Crippen LogP contribution < -0.4 is 15.5 Å². The molecular weight excluding hydrogens is 342 g/mol. The highest BCUT2D eigenvalue weighted by Crippen LogP contribution is 2.18. The summed E-state index contributed by atoms with van der Waals surface area (Å²) in [6.07, 6.45) is 0. The van der Waals surface area contributed by atoms with E-state index in [4.69, 9.17) is 17.0 Å². The molecule has 138 valence electrons. The van der Waals surface area contributed by atoms with Crippen LogP contribution in [0.15, 0.2) is 48.5 Å². The smallest absolute Gasteiger partial charge is 0.171 e. The van der Waals surface area contributed by atoms with Crippen molar-refractivity contribution in [3.05, 3.63) is 59.7 Å². The van der Waals surface area contributed by atoms with E-state index in [0.717, 1.165) is 32.0 Å². The van der Waals surface area contributed by atoms with Crippen LogP contribution in [-0.4, -0.2) is 31.4 Å². The fraction of sp³-hybridized carbons (Fsp3) is 0.381. The van der Waals surface area contributed by atoms with Gasteiger partial charge in [-0.2, -0.15) is 0 Å². The highest BCUT2D eigenvalue weighted by Gasteiger charge is 2.10. The zero-order valence-electron chi connectivity index (χ0n) is 15.5. The van der Waals surface area contributed by atoms with E-state index in [9.17, 15) is 0 Å². The van der Waals surface area contributed by atoms with Gasteiger partial charge in [0.25, 0.3) is 0 Å². The Hall–Kier alpha value is -2.11. The van der Waals surface area contributed by atoms with Gasteiger partial charge in [-0.05, 0) is 53.5 Å². The van der Waals surface area contributed by atoms with E-state index in [0.29, 0.717) is 17.6 Å². The average molecular weight is 370 g/mol. The van der Waals surface area contributed by atoms with Crippen molar-refractivity contribution in [2.24, 2.45) is 0 Å². The number of morpholine rings is 1. The summed E-state index contributed by atoms with van der Waals surface area (Å²) in [5.41, 5.74) is 4.80. The normalized spacial score (nSPS) is 14.3. The molecule has 3 rings (SSSR count). The number of nitrogens with one attached hydrogen (secondary N) is 2. The molecule has 2 N–H and O–H groups in total. The molecule has 0 aromatic heterocycles. The van der Waals surface area contributed by atoms with Gasteiger partial charge in [-0.25, -0.2) is 0 Å². The Morgan fingerprint density at radius 2 is 1.69 bits per heavy atom. The molecule has 0 amide bonds. The van der Waals surface area contributed by atoms with Crippen molar-refractivity contribution in [3.63, 3.8) is 0 Å². The number of ether oxygens (including phenoxy) is 1. The molecule has 1 aliphatic heterocycles. The Morgan fingerprint density at radius 1 is 1.04 bits per heavy atom. The van der Waals surface area contributed by atoms with E-state index >= 15 is 0 Å². The van der Waals surface area contributed by atoms with Crippen LogP contribution in [-0.2, 0) is 11.3 Å². The first kappa shape index (κ1) is 18.7. The van der Waals surface area contributed by atoms with Crippen LogP contribution in [0.25, 0.3) is 0 Å². The summed E-state index contributed by atoms with van der Waals surface area (Å²) in [7, 11) is 0. The topological polar surface area (TPSA) is 36.5 Å². The maximum atomic E-state index is 5.40. The minimum Gasteiger partial charge on any atom is -0.378 e. The van der Waals surface area contributed by atoms with Crippen LogP contribution >= 0.6 is 12.2 Å². The highest BCUT2D eigenvalue weighted by atomic mass is 32.1. The summed E-state index contributed by atoms with van der Waals surface area (Å²) in [6.45, 7) is 8.63. The molecule has 0 unspecified atom stereocenters. The molecule has 2 aromatic rings. The molecule has 0 radical (unpaired) electrons. The van der Waals surface area contributed by atoms with E-state index in [1.807, 2.05) is 0 Å². The second-order valence-electron chi connectivity index (χ2n) is 6.85. The SMILES string of the molecule is CC(C)c1ccc(NC(=S)NCc2ccc(N3CCOCC3)cc2)cc1. The Morgan fingerprint density at radius 3 is 2.31 bits per heavy atom. The molecule has 1 saturated heterocycles. The van der Waals surface area contributed by atoms with Gasteiger partial charge >= 0.3 is 0 Å². The van der Waals surface area contributed by atoms with Crippen molar-refractivity contribution in [2.75, 3.05) is 36.5 Å². The number of rotatable bonds is 5. The first-order valence-electron chi connectivity index (χ1n) is 9.18. The Bertz CT molecular complexity index is 707. The zero-order valence-corrected chi connectivity index (χ0v) is 16.3. The number of hydrogen-bond acceptors (Lipinski definition) is 3. The molecule has 5 heteroatoms. The van der Waals surface area contributed by atoms with Gasteiger partial charge in [-0.1, -0.05) is 38.1 Å². The molecule has 1 aliphatic rings. The second kappa shape index (κ2) is 9.01. The van der Waals surface area contributed by atoms with Crippen molar-refractivity contribution in [1.29, 1.82) is 0 Å². The predicted octanol–water partition coefficient (Wildman–Crippen LogP) is 4.13. The van der Waals surface area contributed by atoms with E-state index in [-0.39, 0.29) is 0 Å². The van der Waals surface area contributed by atoms with Crippen molar-refractivity contribution in [2.45, 2.75) is 26.3 Å². The molecular formula is C21H27N3OS. The largest absolute Gasteiger partial charge is 0.378 e. The summed E-state index contributed by atoms with van der Waals surface area (Å²) >= 11 is 5.40. The van der Waals surface area contributed by atoms with Gasteiger partial charge in [0.15, 0.2) is 5.11 Å². The van der Waals surface area contributed by atoms with E-state index < -0.39 is 0 Å². The van der Waals surface area contributed by atoms with Crippen LogP contribution in [0.5, 0.6) is 0 Å². The Balaban J connectivity index is 1.48. The van der Waals surface area contributed by atoms with Gasteiger partial charge in [0.05, 0.1) is 13.2 Å². The zero-order chi connectivity index (χ0) is 18.4. The highest BCUT2D eigenvalue weighted by molar-refractivity contribution is 7.80. The van der Waals surface area contributed by atoms with Crippen LogP contribution in [0.4, 0.5) is 11.4 Å². The fourth-order valence-electron chi connectivity index (χ4n) is 2.96. The molecule has 0 bridgehead atoms. The lowest BCUT2D eigenvalue weighted by Gasteiger charge is -2.28. The number of benzene rings is 2. The molecule has 0 atom stereocenters. The third kappa shape index (κ3) is 5.19. The molecule has 1 heterocycles. The third-order valence-electron chi connectivity index (χ3n) is 4.60. The minimum atomic E-state index is 0.537. The van der Waals surface area contributed by atoms with Crippen LogP contribution in [0.3, 0.4) is 0 Å². The minimum absolute atomic E-state index is 0.537. The summed E-state index contributed by atoms with van der Waals surface area (Å²) in [4.78, 5) is 2.35. The van der Waals surface area contributed by atoms with Crippen LogP contribution in [0.2, 0.25) is 0 Å². The van der Waals surface area contributed by atoms with Gasteiger partial charge < -0.3 is 20.3 Å². The van der Waals surface area contributed by atoms with Gasteiger partial charge in [0.1, 0.15) is 0 Å². The lowest BCUT2D eigenvalue weighted by atomic mass is 10.0. The third-order valence-corrected chi connectivity index (χ3v) is 4.85. The van der Waals surface area contributed by atoms with Crippen LogP contribution in [0, 0.1) is 0 Å². The predicted molar refractivity (Wildman–Crippen MR) is 113 cm³/mol. The number of nitrogens with zero attached hydrogens (tertiary/aromatic N) is 1. The maximum absolute atomic E-state index is 5.40. The molecule has 0 saturated carbocycles. The lowest BCUT2D eigenvalue weighted by molar-refractivity contribution is 0.122. The van der Waals surface area contributed by atoms with E-state index in [2.05, 4.69) is 77.9 Å². The summed E-state index contributed by atoms with van der Waals surface area (Å²) < 4.78 is 5.40. The molecule has 4 nitrogen and oxygen atoms in total. The summed E-state index contributed by atoms with van der Waals surface area (Å²) in [5.74, 6) is 0.537. The quantitative estimate of drug-likeness (QED) is 0.775. The fourth-order valence-corrected chi connectivity index (χ4v) is 3.15. The molecule has 2 aromatic carbocycles. The second-order valence-corrected chi connectivity index (χ2v) is 7.26. The van der Waals surface area contributed by atoms with Crippen molar-refractivity contribution >= 4 is 28.7 Å². The Kier molecular flexibility index (Phi) is 6.47. The summed E-state index contributed by atoms with van der Waals surface area (Å²) in [5, 5.41) is 7.15. The molecule has 0 aliphatic carbocycles. The van der Waals surface area contributed by atoms with Gasteiger partial charge in [-0.3, -0.25) is 0 Å². The van der Waals surface area contributed by atoms with Crippen molar-refractivity contribution in [1.82, 2.24) is 5.32 Å². The number of anilines is 2.